The minimum absolute atomic E-state index is 0.173. The van der Waals surface area contributed by atoms with Crippen molar-refractivity contribution in [2.75, 3.05) is 6.61 Å². The van der Waals surface area contributed by atoms with E-state index in [1.165, 1.54) is 25.1 Å². The molecule has 2 rings (SSSR count). The molecule has 1 aliphatic heterocycles. The van der Waals surface area contributed by atoms with Gasteiger partial charge in [0.05, 0.1) is 12.6 Å². The minimum Gasteiger partial charge on any atom is -0.466 e. The van der Waals surface area contributed by atoms with Gasteiger partial charge in [0.2, 0.25) is 5.72 Å². The smallest absolute Gasteiger partial charge is 0.382 e. The summed E-state index contributed by atoms with van der Waals surface area (Å²) in [6.07, 6.45) is -5.26. The molecule has 14 heteroatoms. The first-order valence-corrected chi connectivity index (χ1v) is 8.59. The van der Waals surface area contributed by atoms with E-state index in [1.54, 1.807) is 0 Å². The fourth-order valence-corrected chi connectivity index (χ4v) is 3.09. The highest BCUT2D eigenvalue weighted by atomic mass is 19.4. The van der Waals surface area contributed by atoms with E-state index in [1.807, 2.05) is 5.32 Å². The summed E-state index contributed by atoms with van der Waals surface area (Å²) >= 11 is 0. The van der Waals surface area contributed by atoms with Gasteiger partial charge in [-0.2, -0.15) is 26.3 Å². The van der Waals surface area contributed by atoms with Crippen molar-refractivity contribution in [3.8, 4) is 0 Å². The summed E-state index contributed by atoms with van der Waals surface area (Å²) in [4.78, 5) is 24.3. The molecule has 0 unspecified atom stereocenters. The van der Waals surface area contributed by atoms with Crippen LogP contribution >= 0.6 is 0 Å². The Hall–Kier alpha value is -2.64. The molecule has 3 atom stereocenters. The molecule has 2 amide bonds. The molecular weight excluding hydrogens is 448 g/mol. The lowest BCUT2D eigenvalue weighted by atomic mass is 9.76. The Kier molecular flexibility index (Phi) is 6.46. The largest absolute Gasteiger partial charge is 0.466 e. The minimum atomic E-state index is -6.90. The molecular formula is C17H16F8N2O4. The Balaban J connectivity index is 2.72. The van der Waals surface area contributed by atoms with Gasteiger partial charge in [-0.25, -0.2) is 13.6 Å². The number of urea groups is 1. The van der Waals surface area contributed by atoms with Gasteiger partial charge in [-0.05, 0) is 12.5 Å². The topological polar surface area (TPSA) is 87.7 Å². The molecule has 6 nitrogen and oxygen atoms in total. The number of hydrogen-bond donors (Lipinski definition) is 3. The van der Waals surface area contributed by atoms with Gasteiger partial charge < -0.3 is 20.5 Å². The maximum Gasteiger partial charge on any atom is 0.382 e. The number of esters is 1. The van der Waals surface area contributed by atoms with Crippen LogP contribution in [0.1, 0.15) is 18.5 Å². The van der Waals surface area contributed by atoms with Crippen molar-refractivity contribution in [3.63, 3.8) is 0 Å². The number of benzene rings is 1. The van der Waals surface area contributed by atoms with Gasteiger partial charge >= 0.3 is 36.2 Å². The number of halogens is 8. The zero-order valence-corrected chi connectivity index (χ0v) is 15.5. The molecule has 1 aromatic carbocycles. The van der Waals surface area contributed by atoms with E-state index in [0.717, 1.165) is 17.4 Å². The highest BCUT2D eigenvalue weighted by molar-refractivity contribution is 5.83. The third kappa shape index (κ3) is 3.77. The molecule has 1 aromatic rings. The highest BCUT2D eigenvalue weighted by Gasteiger charge is 2.84. The van der Waals surface area contributed by atoms with Crippen LogP contribution in [0, 0.1) is 5.92 Å². The number of amides is 2. The van der Waals surface area contributed by atoms with E-state index >= 15 is 0 Å². The number of rotatable bonds is 7. The van der Waals surface area contributed by atoms with Crippen LogP contribution in [0.5, 0.6) is 0 Å². The van der Waals surface area contributed by atoms with Crippen LogP contribution in [0.3, 0.4) is 0 Å². The molecule has 1 heterocycles. The van der Waals surface area contributed by atoms with Crippen molar-refractivity contribution in [3.05, 3.63) is 35.9 Å². The van der Waals surface area contributed by atoms with E-state index < -0.39 is 60.5 Å². The third-order valence-electron chi connectivity index (χ3n) is 4.64. The van der Waals surface area contributed by atoms with Crippen molar-refractivity contribution < 1.29 is 54.6 Å². The fourth-order valence-electron chi connectivity index (χ4n) is 3.09. The number of carbonyl (C=O) groups excluding carboxylic acids is 2. The standard InChI is InChI=1S/C17H16F8N2O4/c1-2-31-11(28)9-10(8-6-4-3-5-7-8)26-13(29)27-15(9,30)17(24,25)16(22,23)14(20,21)12(18)19/h3-7,9-10,12,30H,2H2,1H3,(H2,26,27,29)/t9-,10+,15-/m1/s1. The number of carbonyl (C=O) groups is 2. The number of alkyl halides is 8. The second-order valence-electron chi connectivity index (χ2n) is 6.56. The second-order valence-corrected chi connectivity index (χ2v) is 6.56. The zero-order valence-electron chi connectivity index (χ0n) is 15.5. The molecule has 1 aliphatic rings. The summed E-state index contributed by atoms with van der Waals surface area (Å²) in [5.74, 6) is -24.6. The summed E-state index contributed by atoms with van der Waals surface area (Å²) < 4.78 is 114. The molecule has 1 saturated heterocycles. The Bertz CT molecular complexity index is 824. The third-order valence-corrected chi connectivity index (χ3v) is 4.64. The fraction of sp³-hybridized carbons (Fsp3) is 0.529. The summed E-state index contributed by atoms with van der Waals surface area (Å²) in [6, 6.07) is 2.57. The van der Waals surface area contributed by atoms with Crippen molar-refractivity contribution in [1.82, 2.24) is 10.6 Å². The molecule has 174 valence electrons. The summed E-state index contributed by atoms with van der Waals surface area (Å²) in [7, 11) is 0. The second kappa shape index (κ2) is 8.13. The Morgan fingerprint density at radius 1 is 1.16 bits per heavy atom. The number of hydrogen-bond acceptors (Lipinski definition) is 4. The monoisotopic (exact) mass is 464 g/mol. The lowest BCUT2D eigenvalue weighted by Gasteiger charge is -2.49. The van der Waals surface area contributed by atoms with Gasteiger partial charge in [0.25, 0.3) is 0 Å². The molecule has 31 heavy (non-hydrogen) atoms. The lowest BCUT2D eigenvalue weighted by molar-refractivity contribution is -0.385. The number of nitrogens with one attached hydrogen (secondary N) is 2. The molecule has 0 bridgehead atoms. The van der Waals surface area contributed by atoms with E-state index in [4.69, 9.17) is 0 Å². The Morgan fingerprint density at radius 3 is 2.19 bits per heavy atom. The van der Waals surface area contributed by atoms with Crippen molar-refractivity contribution in [2.24, 2.45) is 5.92 Å². The van der Waals surface area contributed by atoms with Crippen molar-refractivity contribution in [2.45, 2.75) is 42.9 Å². The molecule has 0 radical (unpaired) electrons. The number of aliphatic hydroxyl groups is 1. The van der Waals surface area contributed by atoms with Gasteiger partial charge in [-0.3, -0.25) is 4.79 Å². The van der Waals surface area contributed by atoms with Crippen molar-refractivity contribution >= 4 is 12.0 Å². The Labute approximate surface area is 169 Å². The predicted molar refractivity (Wildman–Crippen MR) is 86.8 cm³/mol. The van der Waals surface area contributed by atoms with Crippen LogP contribution in [0.15, 0.2) is 30.3 Å². The van der Waals surface area contributed by atoms with Crippen LogP contribution in [0.4, 0.5) is 39.9 Å². The van der Waals surface area contributed by atoms with Crippen LogP contribution < -0.4 is 10.6 Å². The van der Waals surface area contributed by atoms with Crippen LogP contribution in [0.2, 0.25) is 0 Å². The van der Waals surface area contributed by atoms with Gasteiger partial charge in [0.15, 0.2) is 0 Å². The van der Waals surface area contributed by atoms with E-state index in [9.17, 15) is 49.8 Å². The highest BCUT2D eigenvalue weighted by Crippen LogP contribution is 2.55. The zero-order chi connectivity index (χ0) is 23.8. The quantitative estimate of drug-likeness (QED) is 0.428. The Morgan fingerprint density at radius 2 is 1.71 bits per heavy atom. The molecule has 0 spiro atoms. The average Bonchev–Trinajstić information content (AvgIpc) is 2.67. The summed E-state index contributed by atoms with van der Waals surface area (Å²) in [5.41, 5.74) is -4.92. The van der Waals surface area contributed by atoms with Crippen LogP contribution in [-0.2, 0) is 9.53 Å². The van der Waals surface area contributed by atoms with Gasteiger partial charge in [-0.15, -0.1) is 0 Å². The predicted octanol–water partition coefficient (Wildman–Crippen LogP) is 3.08. The van der Waals surface area contributed by atoms with E-state index in [-0.39, 0.29) is 5.56 Å². The summed E-state index contributed by atoms with van der Waals surface area (Å²) in [6.45, 7) is 0.664. The van der Waals surface area contributed by atoms with Crippen molar-refractivity contribution in [1.29, 1.82) is 0 Å². The first-order valence-electron chi connectivity index (χ1n) is 8.59. The molecule has 0 saturated carbocycles. The lowest BCUT2D eigenvalue weighted by Crippen LogP contribution is -2.79. The van der Waals surface area contributed by atoms with E-state index in [2.05, 4.69) is 4.74 Å². The van der Waals surface area contributed by atoms with Crippen LogP contribution in [-0.4, -0.2) is 53.6 Å². The molecule has 0 aliphatic carbocycles. The SMILES string of the molecule is CCOC(=O)[C@H]1[C@H](c2ccccc2)NC(=O)N[C@]1(O)C(F)(F)C(F)(F)C(F)(F)C(F)F. The molecule has 3 N–H and O–H groups in total. The van der Waals surface area contributed by atoms with Crippen LogP contribution in [0.25, 0.3) is 0 Å². The average molecular weight is 464 g/mol. The van der Waals surface area contributed by atoms with Gasteiger partial charge in [0, 0.05) is 0 Å². The first kappa shape index (κ1) is 24.6. The maximum absolute atomic E-state index is 14.8. The molecule has 0 aromatic heterocycles. The van der Waals surface area contributed by atoms with Gasteiger partial charge in [0.1, 0.15) is 5.92 Å². The molecule has 1 fully saturated rings. The normalized spacial score (nSPS) is 25.1. The summed E-state index contributed by atoms with van der Waals surface area (Å²) in [5, 5.41) is 13.3. The maximum atomic E-state index is 14.8. The number of ether oxygens (including phenoxy) is 1. The van der Waals surface area contributed by atoms with Gasteiger partial charge in [-0.1, -0.05) is 30.3 Å². The first-order chi connectivity index (χ1) is 14.1. The van der Waals surface area contributed by atoms with E-state index in [0.29, 0.717) is 0 Å².